The monoisotopic (exact) mass is 350 g/mol. The molecule has 2 N–H and O–H groups in total. The van der Waals surface area contributed by atoms with E-state index in [-0.39, 0.29) is 11.6 Å². The number of halogens is 3. The average molecular weight is 350 g/mol. The van der Waals surface area contributed by atoms with Crippen molar-refractivity contribution in [2.45, 2.75) is 26.6 Å². The molecule has 1 aromatic carbocycles. The Morgan fingerprint density at radius 1 is 1.32 bits per heavy atom. The third-order valence-electron chi connectivity index (χ3n) is 4.12. The van der Waals surface area contributed by atoms with Crippen LogP contribution in [0.3, 0.4) is 0 Å². The van der Waals surface area contributed by atoms with E-state index in [2.05, 4.69) is 15.6 Å². The molecule has 0 atom stereocenters. The van der Waals surface area contributed by atoms with Crippen LogP contribution in [0.15, 0.2) is 30.5 Å². The van der Waals surface area contributed by atoms with Crippen molar-refractivity contribution in [1.82, 2.24) is 9.88 Å². The number of hydrogen-bond donors (Lipinski definition) is 2. The number of rotatable bonds is 3. The fraction of sp³-hybridized carbons (Fsp3) is 0.294. The number of aryl methyl sites for hydroxylation is 1. The smallest absolute Gasteiger partial charge is 0.355 e. The van der Waals surface area contributed by atoms with Crippen LogP contribution in [0, 0.1) is 6.92 Å². The lowest BCUT2D eigenvalue weighted by molar-refractivity contribution is -0.138. The zero-order valence-corrected chi connectivity index (χ0v) is 13.7. The van der Waals surface area contributed by atoms with Crippen molar-refractivity contribution in [2.75, 3.05) is 17.2 Å². The molecule has 0 fully saturated rings. The standard InChI is InChI=1S/C17H17F3N4O/c1-3-24-9-12-14(6-7-21-15(12)23-16(24)25)22-11-5-4-10(2)13(8-11)17(18,19)20/h4-8H,3,9H2,1-2H3,(H2,21,22,23,25). The van der Waals surface area contributed by atoms with Crippen LogP contribution in [-0.4, -0.2) is 22.5 Å². The van der Waals surface area contributed by atoms with Gasteiger partial charge in [-0.2, -0.15) is 13.2 Å². The molecular formula is C17H17F3N4O. The van der Waals surface area contributed by atoms with Gasteiger partial charge in [0, 0.05) is 29.7 Å². The Labute approximate surface area is 142 Å². The van der Waals surface area contributed by atoms with Gasteiger partial charge in [-0.05, 0) is 37.6 Å². The summed E-state index contributed by atoms with van der Waals surface area (Å²) < 4.78 is 39.3. The maximum Gasteiger partial charge on any atom is 0.416 e. The number of carbonyl (C=O) groups excluding carboxylic acids is 1. The summed E-state index contributed by atoms with van der Waals surface area (Å²) in [6.45, 7) is 4.13. The van der Waals surface area contributed by atoms with Crippen molar-refractivity contribution in [3.8, 4) is 0 Å². The molecule has 25 heavy (non-hydrogen) atoms. The number of amides is 2. The molecule has 5 nitrogen and oxygen atoms in total. The Bertz CT molecular complexity index is 820. The number of aromatic nitrogens is 1. The third kappa shape index (κ3) is 3.38. The SMILES string of the molecule is CCN1Cc2c(Nc3ccc(C)c(C(F)(F)F)c3)ccnc2NC1=O. The van der Waals surface area contributed by atoms with E-state index in [0.29, 0.717) is 30.3 Å². The molecule has 8 heteroatoms. The number of hydrogen-bond acceptors (Lipinski definition) is 3. The van der Waals surface area contributed by atoms with Crippen LogP contribution in [0.2, 0.25) is 0 Å². The van der Waals surface area contributed by atoms with E-state index >= 15 is 0 Å². The minimum atomic E-state index is -4.41. The van der Waals surface area contributed by atoms with Crippen LogP contribution >= 0.6 is 0 Å². The van der Waals surface area contributed by atoms with E-state index in [1.807, 2.05) is 6.92 Å². The van der Waals surface area contributed by atoms with Crippen LogP contribution in [0.5, 0.6) is 0 Å². The number of nitrogens with one attached hydrogen (secondary N) is 2. The number of fused-ring (bicyclic) bond motifs is 1. The van der Waals surface area contributed by atoms with Crippen molar-refractivity contribution < 1.29 is 18.0 Å². The molecule has 2 heterocycles. The van der Waals surface area contributed by atoms with E-state index in [1.165, 1.54) is 19.2 Å². The molecule has 132 valence electrons. The van der Waals surface area contributed by atoms with Gasteiger partial charge in [-0.1, -0.05) is 6.07 Å². The second-order valence-corrected chi connectivity index (χ2v) is 5.78. The van der Waals surface area contributed by atoms with Crippen LogP contribution in [-0.2, 0) is 12.7 Å². The van der Waals surface area contributed by atoms with Gasteiger partial charge in [-0.25, -0.2) is 9.78 Å². The van der Waals surface area contributed by atoms with E-state index < -0.39 is 11.7 Å². The minimum absolute atomic E-state index is 0.166. The van der Waals surface area contributed by atoms with Gasteiger partial charge >= 0.3 is 12.2 Å². The van der Waals surface area contributed by atoms with Gasteiger partial charge in [0.15, 0.2) is 0 Å². The molecule has 1 aliphatic rings. The van der Waals surface area contributed by atoms with Crippen molar-refractivity contribution in [3.63, 3.8) is 0 Å². The summed E-state index contributed by atoms with van der Waals surface area (Å²) in [5.74, 6) is 0.419. The Morgan fingerprint density at radius 2 is 2.08 bits per heavy atom. The number of pyridine rings is 1. The second kappa shape index (κ2) is 6.27. The summed E-state index contributed by atoms with van der Waals surface area (Å²) in [6.07, 6.45) is -2.91. The van der Waals surface area contributed by atoms with Crippen LogP contribution in [0.1, 0.15) is 23.6 Å². The van der Waals surface area contributed by atoms with Gasteiger partial charge in [-0.15, -0.1) is 0 Å². The van der Waals surface area contributed by atoms with Gasteiger partial charge in [0.1, 0.15) is 5.82 Å². The summed E-state index contributed by atoms with van der Waals surface area (Å²) in [5, 5.41) is 5.70. The van der Waals surface area contributed by atoms with Crippen LogP contribution in [0.4, 0.5) is 35.2 Å². The normalized spacial score (nSPS) is 14.1. The Kier molecular flexibility index (Phi) is 4.28. The zero-order valence-electron chi connectivity index (χ0n) is 13.7. The van der Waals surface area contributed by atoms with Gasteiger partial charge in [0.05, 0.1) is 12.1 Å². The molecule has 3 rings (SSSR count). The maximum atomic E-state index is 13.1. The number of anilines is 3. The average Bonchev–Trinajstić information content (AvgIpc) is 2.55. The highest BCUT2D eigenvalue weighted by Crippen LogP contribution is 2.35. The highest BCUT2D eigenvalue weighted by atomic mass is 19.4. The predicted molar refractivity (Wildman–Crippen MR) is 88.8 cm³/mol. The Hall–Kier alpha value is -2.77. The van der Waals surface area contributed by atoms with Gasteiger partial charge < -0.3 is 10.2 Å². The first-order valence-corrected chi connectivity index (χ1v) is 7.78. The molecule has 0 saturated carbocycles. The van der Waals surface area contributed by atoms with Crippen molar-refractivity contribution in [3.05, 3.63) is 47.2 Å². The van der Waals surface area contributed by atoms with Gasteiger partial charge in [0.25, 0.3) is 0 Å². The van der Waals surface area contributed by atoms with Crippen molar-refractivity contribution in [2.24, 2.45) is 0 Å². The third-order valence-corrected chi connectivity index (χ3v) is 4.12. The number of alkyl halides is 3. The van der Waals surface area contributed by atoms with Crippen molar-refractivity contribution >= 4 is 23.2 Å². The van der Waals surface area contributed by atoms with E-state index in [9.17, 15) is 18.0 Å². The molecule has 1 aliphatic heterocycles. The summed E-state index contributed by atoms with van der Waals surface area (Å²) in [6, 6.07) is 5.54. The van der Waals surface area contributed by atoms with Crippen LogP contribution < -0.4 is 10.6 Å². The lowest BCUT2D eigenvalue weighted by Gasteiger charge is -2.29. The molecule has 0 radical (unpaired) electrons. The predicted octanol–water partition coefficient (Wildman–Crippen LogP) is 4.52. The summed E-state index contributed by atoms with van der Waals surface area (Å²) in [4.78, 5) is 17.6. The molecule has 1 aromatic heterocycles. The summed E-state index contributed by atoms with van der Waals surface area (Å²) in [7, 11) is 0. The summed E-state index contributed by atoms with van der Waals surface area (Å²) in [5.41, 5.74) is 1.16. The largest absolute Gasteiger partial charge is 0.416 e. The molecule has 0 spiro atoms. The zero-order chi connectivity index (χ0) is 18.2. The maximum absolute atomic E-state index is 13.1. The highest BCUT2D eigenvalue weighted by molar-refractivity contribution is 5.92. The minimum Gasteiger partial charge on any atom is -0.355 e. The molecule has 0 saturated heterocycles. The van der Waals surface area contributed by atoms with E-state index in [1.54, 1.807) is 17.0 Å². The fourth-order valence-electron chi connectivity index (χ4n) is 2.74. The highest BCUT2D eigenvalue weighted by Gasteiger charge is 2.32. The molecule has 0 bridgehead atoms. The first-order valence-electron chi connectivity index (χ1n) is 7.78. The number of urea groups is 1. The lowest BCUT2D eigenvalue weighted by atomic mass is 10.1. The first kappa shape index (κ1) is 17.1. The topological polar surface area (TPSA) is 57.3 Å². The molecule has 0 aliphatic carbocycles. The Morgan fingerprint density at radius 3 is 2.76 bits per heavy atom. The molecule has 0 unspecified atom stereocenters. The Balaban J connectivity index is 1.95. The van der Waals surface area contributed by atoms with E-state index in [0.717, 1.165) is 11.6 Å². The number of nitrogens with zero attached hydrogens (tertiary/aromatic N) is 2. The first-order chi connectivity index (χ1) is 11.8. The molecule has 2 amide bonds. The fourth-order valence-corrected chi connectivity index (χ4v) is 2.74. The van der Waals surface area contributed by atoms with E-state index in [4.69, 9.17) is 0 Å². The molecular weight excluding hydrogens is 333 g/mol. The van der Waals surface area contributed by atoms with Gasteiger partial charge in [-0.3, -0.25) is 5.32 Å². The summed E-state index contributed by atoms with van der Waals surface area (Å²) >= 11 is 0. The molecule has 2 aromatic rings. The lowest BCUT2D eigenvalue weighted by Crippen LogP contribution is -2.39. The van der Waals surface area contributed by atoms with Crippen molar-refractivity contribution in [1.29, 1.82) is 0 Å². The second-order valence-electron chi connectivity index (χ2n) is 5.78. The quantitative estimate of drug-likeness (QED) is 0.856. The van der Waals surface area contributed by atoms with Crippen LogP contribution in [0.25, 0.3) is 0 Å². The number of carbonyl (C=O) groups is 1. The number of benzene rings is 1. The van der Waals surface area contributed by atoms with Gasteiger partial charge in [0.2, 0.25) is 0 Å².